The average Bonchev–Trinajstić information content (AvgIpc) is 2.14. The Morgan fingerprint density at radius 3 is 2.73 bits per heavy atom. The van der Waals surface area contributed by atoms with Gasteiger partial charge in [-0.15, -0.1) is 0 Å². The van der Waals surface area contributed by atoms with E-state index in [2.05, 4.69) is 21.2 Å². The summed E-state index contributed by atoms with van der Waals surface area (Å²) >= 11 is 3.35. The molecule has 1 fully saturated rings. The minimum Gasteiger partial charge on any atom is -0.314 e. The number of halogens is 1. The molecule has 1 aromatic rings. The lowest BCUT2D eigenvalue weighted by molar-refractivity contribution is 0.482. The van der Waals surface area contributed by atoms with Crippen LogP contribution in [0.25, 0.3) is 0 Å². The van der Waals surface area contributed by atoms with E-state index in [1.807, 2.05) is 24.3 Å². The highest BCUT2D eigenvalue weighted by atomic mass is 79.9. The maximum Gasteiger partial charge on any atom is 0.160 e. The average molecular weight is 290 g/mol. The van der Waals surface area contributed by atoms with E-state index in [1.54, 1.807) is 7.05 Å². The van der Waals surface area contributed by atoms with Crippen molar-refractivity contribution in [1.29, 1.82) is 0 Å². The van der Waals surface area contributed by atoms with Crippen LogP contribution in [0.3, 0.4) is 0 Å². The van der Waals surface area contributed by atoms with Gasteiger partial charge in [-0.2, -0.15) is 0 Å². The molecule has 3 nitrogen and oxygen atoms in total. The summed E-state index contributed by atoms with van der Waals surface area (Å²) in [4.78, 5) is 0. The number of nitrogens with one attached hydrogen (secondary N) is 1. The maximum atomic E-state index is 11.6. The number of hydrogen-bond donors (Lipinski definition) is 1. The van der Waals surface area contributed by atoms with Crippen molar-refractivity contribution in [2.75, 3.05) is 12.8 Å². The van der Waals surface area contributed by atoms with Gasteiger partial charge in [-0.25, -0.2) is 8.42 Å². The first-order valence-electron chi connectivity index (χ1n) is 4.69. The summed E-state index contributed by atoms with van der Waals surface area (Å²) in [7, 11) is -1.14. The molecule has 0 spiro atoms. The Hall–Kier alpha value is -0.390. The van der Waals surface area contributed by atoms with Crippen molar-refractivity contribution in [3.63, 3.8) is 0 Å². The lowest BCUT2D eigenvalue weighted by atomic mass is 10.1. The van der Waals surface area contributed by atoms with E-state index in [0.717, 1.165) is 10.0 Å². The number of hydrogen-bond acceptors (Lipinski definition) is 3. The fourth-order valence-electron chi connectivity index (χ4n) is 1.93. The van der Waals surface area contributed by atoms with Crippen LogP contribution in [-0.4, -0.2) is 27.3 Å². The molecule has 2 unspecified atom stereocenters. The van der Waals surface area contributed by atoms with Crippen LogP contribution < -0.4 is 5.32 Å². The summed E-state index contributed by atoms with van der Waals surface area (Å²) in [5.41, 5.74) is 0.856. The summed E-state index contributed by atoms with van der Waals surface area (Å²) in [5.74, 6) is 0.237. The first kappa shape index (κ1) is 11.1. The lowest BCUT2D eigenvalue weighted by Crippen LogP contribution is -2.52. The summed E-state index contributed by atoms with van der Waals surface area (Å²) in [5, 5.41) is 2.64. The summed E-state index contributed by atoms with van der Waals surface area (Å²) < 4.78 is 24.2. The minimum absolute atomic E-state index is 0.0456. The molecule has 0 radical (unpaired) electrons. The van der Waals surface area contributed by atoms with Crippen LogP contribution in [0.5, 0.6) is 0 Å². The molecule has 5 heteroatoms. The van der Waals surface area contributed by atoms with Crippen molar-refractivity contribution >= 4 is 25.8 Å². The van der Waals surface area contributed by atoms with E-state index >= 15 is 0 Å². The molecule has 0 amide bonds. The zero-order valence-corrected chi connectivity index (χ0v) is 10.7. The van der Waals surface area contributed by atoms with E-state index < -0.39 is 9.84 Å². The summed E-state index contributed by atoms with van der Waals surface area (Å²) in [6, 6.07) is 7.52. The molecule has 1 aliphatic rings. The molecular weight excluding hydrogens is 278 g/mol. The van der Waals surface area contributed by atoms with Gasteiger partial charge in [0.2, 0.25) is 0 Å². The minimum atomic E-state index is -2.94. The summed E-state index contributed by atoms with van der Waals surface area (Å²) in [6.45, 7) is 0. The van der Waals surface area contributed by atoms with Crippen molar-refractivity contribution in [2.24, 2.45) is 0 Å². The second-order valence-electron chi connectivity index (χ2n) is 3.70. The normalized spacial score (nSPS) is 28.4. The van der Waals surface area contributed by atoms with Crippen LogP contribution in [0.1, 0.15) is 10.8 Å². The fourth-order valence-corrected chi connectivity index (χ4v) is 4.35. The van der Waals surface area contributed by atoms with Gasteiger partial charge in [0, 0.05) is 10.5 Å². The third kappa shape index (κ3) is 1.96. The van der Waals surface area contributed by atoms with Crippen LogP contribution in [0.2, 0.25) is 0 Å². The van der Waals surface area contributed by atoms with Crippen molar-refractivity contribution in [1.82, 2.24) is 5.32 Å². The molecule has 0 bridgehead atoms. The third-order valence-electron chi connectivity index (χ3n) is 2.71. The first-order chi connectivity index (χ1) is 7.04. The van der Waals surface area contributed by atoms with Gasteiger partial charge >= 0.3 is 0 Å². The standard InChI is InChI=1S/C10H12BrNO2S/c1-12-9-6-15(13,14)10(9)7-3-2-4-8(11)5-7/h2-5,9-10,12H,6H2,1H3. The van der Waals surface area contributed by atoms with Crippen molar-refractivity contribution in [2.45, 2.75) is 11.3 Å². The zero-order chi connectivity index (χ0) is 11.1. The molecule has 2 atom stereocenters. The van der Waals surface area contributed by atoms with Gasteiger partial charge in [-0.1, -0.05) is 28.1 Å². The highest BCUT2D eigenvalue weighted by molar-refractivity contribution is 9.10. The van der Waals surface area contributed by atoms with Crippen molar-refractivity contribution in [3.05, 3.63) is 34.3 Å². The Kier molecular flexibility index (Phi) is 2.87. The predicted molar refractivity (Wildman–Crippen MR) is 63.5 cm³/mol. The molecule has 0 aliphatic carbocycles. The molecule has 1 N–H and O–H groups in total. The van der Waals surface area contributed by atoms with Crippen molar-refractivity contribution < 1.29 is 8.42 Å². The van der Waals surface area contributed by atoms with Crippen LogP contribution in [-0.2, 0) is 9.84 Å². The molecule has 1 aliphatic heterocycles. The smallest absolute Gasteiger partial charge is 0.160 e. The number of rotatable bonds is 2. The fraction of sp³-hybridized carbons (Fsp3) is 0.400. The van der Waals surface area contributed by atoms with Crippen LogP contribution in [0.4, 0.5) is 0 Å². The van der Waals surface area contributed by atoms with Gasteiger partial charge in [0.05, 0.1) is 5.75 Å². The van der Waals surface area contributed by atoms with E-state index in [9.17, 15) is 8.42 Å². The van der Waals surface area contributed by atoms with Crippen molar-refractivity contribution in [3.8, 4) is 0 Å². The molecule has 0 aromatic heterocycles. The van der Waals surface area contributed by atoms with Crippen LogP contribution in [0, 0.1) is 0 Å². The van der Waals surface area contributed by atoms with Gasteiger partial charge in [-0.05, 0) is 24.7 Å². The summed E-state index contributed by atoms with van der Waals surface area (Å²) in [6.07, 6.45) is 0. The van der Waals surface area contributed by atoms with Gasteiger partial charge in [0.15, 0.2) is 9.84 Å². The molecule has 1 aromatic carbocycles. The largest absolute Gasteiger partial charge is 0.314 e. The number of benzene rings is 1. The Labute approximate surface area is 97.9 Å². The van der Waals surface area contributed by atoms with Gasteiger partial charge in [0.1, 0.15) is 5.25 Å². The van der Waals surface area contributed by atoms with Crippen LogP contribution in [0.15, 0.2) is 28.7 Å². The SMILES string of the molecule is CNC1CS(=O)(=O)C1c1cccc(Br)c1. The van der Waals surface area contributed by atoms with E-state index in [0.29, 0.717) is 0 Å². The Balaban J connectivity index is 2.37. The second-order valence-corrected chi connectivity index (χ2v) is 6.78. The zero-order valence-electron chi connectivity index (χ0n) is 8.27. The highest BCUT2D eigenvalue weighted by Crippen LogP contribution is 2.37. The Morgan fingerprint density at radius 1 is 1.47 bits per heavy atom. The lowest BCUT2D eigenvalue weighted by Gasteiger charge is -2.36. The Bertz CT molecular complexity index is 472. The predicted octanol–water partition coefficient (Wildman–Crippen LogP) is 1.51. The molecule has 2 rings (SSSR count). The van der Waals surface area contributed by atoms with E-state index in [1.165, 1.54) is 0 Å². The molecule has 1 saturated heterocycles. The van der Waals surface area contributed by atoms with Gasteiger partial charge < -0.3 is 5.32 Å². The molecule has 82 valence electrons. The number of likely N-dealkylation sites (N-methyl/N-ethyl adjacent to an activating group) is 1. The maximum absolute atomic E-state index is 11.6. The Morgan fingerprint density at radius 2 is 2.20 bits per heavy atom. The van der Waals surface area contributed by atoms with Gasteiger partial charge in [-0.3, -0.25) is 0 Å². The third-order valence-corrected chi connectivity index (χ3v) is 5.40. The number of sulfone groups is 1. The van der Waals surface area contributed by atoms with Crippen LogP contribution >= 0.6 is 15.9 Å². The van der Waals surface area contributed by atoms with E-state index in [-0.39, 0.29) is 17.0 Å². The molecule has 1 heterocycles. The topological polar surface area (TPSA) is 46.2 Å². The quantitative estimate of drug-likeness (QED) is 0.898. The van der Waals surface area contributed by atoms with E-state index in [4.69, 9.17) is 0 Å². The molecule has 15 heavy (non-hydrogen) atoms. The molecule has 0 saturated carbocycles. The highest BCUT2D eigenvalue weighted by Gasteiger charge is 2.45. The van der Waals surface area contributed by atoms with Gasteiger partial charge in [0.25, 0.3) is 0 Å². The second kappa shape index (κ2) is 3.88. The molecular formula is C10H12BrNO2S. The first-order valence-corrected chi connectivity index (χ1v) is 7.20. The monoisotopic (exact) mass is 289 g/mol.